The van der Waals surface area contributed by atoms with Crippen LogP contribution in [0.4, 0.5) is 5.82 Å². The van der Waals surface area contributed by atoms with E-state index < -0.39 is 0 Å². The van der Waals surface area contributed by atoms with E-state index in [2.05, 4.69) is 45.7 Å². The van der Waals surface area contributed by atoms with E-state index in [1.54, 1.807) is 0 Å². The van der Waals surface area contributed by atoms with E-state index in [-0.39, 0.29) is 0 Å². The van der Waals surface area contributed by atoms with Gasteiger partial charge in [0, 0.05) is 29.8 Å². The zero-order chi connectivity index (χ0) is 13.1. The Bertz CT molecular complexity index is 408. The third-order valence-electron chi connectivity index (χ3n) is 4.00. The molecule has 1 aliphatic heterocycles. The molecule has 0 aliphatic carbocycles. The highest BCUT2D eigenvalue weighted by Gasteiger charge is 2.27. The average molecular weight is 312 g/mol. The molecule has 2 rings (SSSR count). The fourth-order valence-corrected chi connectivity index (χ4v) is 2.93. The molecule has 100 valence electrons. The molecule has 2 heterocycles. The maximum Gasteiger partial charge on any atom is 0.129 e. The molecule has 1 aromatic heterocycles. The van der Waals surface area contributed by atoms with Crippen molar-refractivity contribution in [3.05, 3.63) is 22.3 Å². The van der Waals surface area contributed by atoms with Crippen molar-refractivity contribution in [2.24, 2.45) is 11.7 Å². The quantitative estimate of drug-likeness (QED) is 0.932. The summed E-state index contributed by atoms with van der Waals surface area (Å²) in [6, 6.07) is 2.59. The van der Waals surface area contributed by atoms with Crippen LogP contribution < -0.4 is 10.6 Å². The van der Waals surface area contributed by atoms with Crippen molar-refractivity contribution in [2.75, 3.05) is 18.0 Å². The number of nitrogens with zero attached hydrogens (tertiary/aromatic N) is 2. The summed E-state index contributed by atoms with van der Waals surface area (Å²) in [6.45, 7) is 6.17. The smallest absolute Gasteiger partial charge is 0.129 e. The van der Waals surface area contributed by atoms with E-state index in [0.717, 1.165) is 22.8 Å². The van der Waals surface area contributed by atoms with Gasteiger partial charge in [-0.2, -0.15) is 0 Å². The van der Waals surface area contributed by atoms with Gasteiger partial charge in [0.1, 0.15) is 5.82 Å². The first kappa shape index (κ1) is 13.8. The van der Waals surface area contributed by atoms with Gasteiger partial charge in [-0.25, -0.2) is 4.98 Å². The van der Waals surface area contributed by atoms with Gasteiger partial charge < -0.3 is 10.6 Å². The van der Waals surface area contributed by atoms with Gasteiger partial charge in [0.2, 0.25) is 0 Å². The van der Waals surface area contributed by atoms with Gasteiger partial charge in [0.05, 0.1) is 0 Å². The van der Waals surface area contributed by atoms with Crippen molar-refractivity contribution in [3.8, 4) is 0 Å². The number of anilines is 1. The highest BCUT2D eigenvalue weighted by molar-refractivity contribution is 9.10. The summed E-state index contributed by atoms with van der Waals surface area (Å²) in [6.07, 6.45) is 5.61. The van der Waals surface area contributed by atoms with Gasteiger partial charge in [-0.15, -0.1) is 0 Å². The highest BCUT2D eigenvalue weighted by Crippen LogP contribution is 2.29. The number of hydrogen-bond donors (Lipinski definition) is 1. The third-order valence-corrected chi connectivity index (χ3v) is 4.83. The zero-order valence-corrected chi connectivity index (χ0v) is 12.8. The molecule has 1 fully saturated rings. The van der Waals surface area contributed by atoms with Gasteiger partial charge in [-0.1, -0.05) is 13.3 Å². The number of pyridine rings is 1. The topological polar surface area (TPSA) is 42.2 Å². The molecule has 0 aromatic carbocycles. The Balaban J connectivity index is 2.18. The minimum Gasteiger partial charge on any atom is -0.352 e. The Morgan fingerprint density at radius 2 is 2.33 bits per heavy atom. The van der Waals surface area contributed by atoms with E-state index >= 15 is 0 Å². The van der Waals surface area contributed by atoms with Crippen molar-refractivity contribution in [2.45, 2.75) is 39.2 Å². The molecule has 0 saturated carbocycles. The summed E-state index contributed by atoms with van der Waals surface area (Å²) in [7, 11) is 0. The van der Waals surface area contributed by atoms with Crippen LogP contribution in [-0.4, -0.2) is 24.1 Å². The Morgan fingerprint density at radius 1 is 1.56 bits per heavy atom. The Labute approximate surface area is 118 Å². The van der Waals surface area contributed by atoms with E-state index in [1.165, 1.54) is 24.8 Å². The van der Waals surface area contributed by atoms with E-state index in [9.17, 15) is 0 Å². The summed E-state index contributed by atoms with van der Waals surface area (Å²) in [4.78, 5) is 6.92. The number of aryl methyl sites for hydroxylation is 1. The lowest BCUT2D eigenvalue weighted by Crippen LogP contribution is -2.47. The van der Waals surface area contributed by atoms with E-state index in [4.69, 9.17) is 5.73 Å². The lowest BCUT2D eigenvalue weighted by molar-refractivity contribution is 0.334. The van der Waals surface area contributed by atoms with Crippen LogP contribution >= 0.6 is 15.9 Å². The molecule has 1 aliphatic rings. The van der Waals surface area contributed by atoms with Crippen LogP contribution in [0.3, 0.4) is 0 Å². The fraction of sp³-hybridized carbons (Fsp3) is 0.643. The lowest BCUT2D eigenvalue weighted by atomic mass is 9.89. The Kier molecular flexibility index (Phi) is 4.62. The first-order chi connectivity index (χ1) is 8.65. The van der Waals surface area contributed by atoms with Gasteiger partial charge >= 0.3 is 0 Å². The molecule has 0 bridgehead atoms. The van der Waals surface area contributed by atoms with Crippen LogP contribution in [0, 0.1) is 12.8 Å². The van der Waals surface area contributed by atoms with E-state index in [0.29, 0.717) is 12.6 Å². The summed E-state index contributed by atoms with van der Waals surface area (Å²) in [5.74, 6) is 1.90. The summed E-state index contributed by atoms with van der Waals surface area (Å²) in [5, 5.41) is 0. The van der Waals surface area contributed by atoms with Crippen molar-refractivity contribution < 1.29 is 0 Å². The predicted molar refractivity (Wildman–Crippen MR) is 79.9 cm³/mol. The summed E-state index contributed by atoms with van der Waals surface area (Å²) >= 11 is 3.50. The molecule has 2 N–H and O–H groups in total. The number of piperidine rings is 1. The van der Waals surface area contributed by atoms with Gasteiger partial charge in [0.15, 0.2) is 0 Å². The van der Waals surface area contributed by atoms with Crippen molar-refractivity contribution in [3.63, 3.8) is 0 Å². The second-order valence-corrected chi connectivity index (χ2v) is 6.03. The standard InChI is InChI=1S/C14H22BrN3/c1-3-11-4-5-18(12(7-11)8-16)14-6-10(2)13(15)9-17-14/h6,9,11-12H,3-5,7-8,16H2,1-2H3. The molecule has 2 unspecified atom stereocenters. The molecule has 4 heteroatoms. The van der Waals surface area contributed by atoms with Crippen LogP contribution in [0.5, 0.6) is 0 Å². The largest absolute Gasteiger partial charge is 0.352 e. The molecule has 1 saturated heterocycles. The van der Waals surface area contributed by atoms with Crippen LogP contribution in [0.2, 0.25) is 0 Å². The van der Waals surface area contributed by atoms with Gasteiger partial charge in [0.25, 0.3) is 0 Å². The SMILES string of the molecule is CCC1CCN(c2cc(C)c(Br)cn2)C(CN)C1. The lowest BCUT2D eigenvalue weighted by Gasteiger charge is -2.39. The maximum absolute atomic E-state index is 5.94. The maximum atomic E-state index is 5.94. The summed E-state index contributed by atoms with van der Waals surface area (Å²) in [5.41, 5.74) is 7.17. The van der Waals surface area contributed by atoms with Crippen LogP contribution in [-0.2, 0) is 0 Å². The normalized spacial score (nSPS) is 24.3. The molecular weight excluding hydrogens is 290 g/mol. The number of aromatic nitrogens is 1. The molecule has 18 heavy (non-hydrogen) atoms. The number of halogens is 1. The molecule has 0 radical (unpaired) electrons. The molecular formula is C14H22BrN3. The minimum absolute atomic E-state index is 0.441. The minimum atomic E-state index is 0.441. The molecule has 2 atom stereocenters. The second-order valence-electron chi connectivity index (χ2n) is 5.17. The first-order valence-electron chi connectivity index (χ1n) is 6.74. The van der Waals surface area contributed by atoms with Crippen molar-refractivity contribution >= 4 is 21.7 Å². The third kappa shape index (κ3) is 2.86. The van der Waals surface area contributed by atoms with Crippen LogP contribution in [0.25, 0.3) is 0 Å². The number of nitrogens with two attached hydrogens (primary N) is 1. The summed E-state index contributed by atoms with van der Waals surface area (Å²) < 4.78 is 1.07. The van der Waals surface area contributed by atoms with Gasteiger partial charge in [-0.05, 0) is 53.2 Å². The van der Waals surface area contributed by atoms with Crippen LogP contribution in [0.1, 0.15) is 31.7 Å². The van der Waals surface area contributed by atoms with Crippen molar-refractivity contribution in [1.82, 2.24) is 4.98 Å². The van der Waals surface area contributed by atoms with Gasteiger partial charge in [-0.3, -0.25) is 0 Å². The molecule has 0 amide bonds. The molecule has 0 spiro atoms. The molecule has 1 aromatic rings. The monoisotopic (exact) mass is 311 g/mol. The Hall–Kier alpha value is -0.610. The number of rotatable bonds is 3. The average Bonchev–Trinajstić information content (AvgIpc) is 2.41. The van der Waals surface area contributed by atoms with Crippen LogP contribution in [0.15, 0.2) is 16.7 Å². The number of hydrogen-bond acceptors (Lipinski definition) is 3. The predicted octanol–water partition coefficient (Wildman–Crippen LogP) is 3.11. The fourth-order valence-electron chi connectivity index (χ4n) is 2.71. The first-order valence-corrected chi connectivity index (χ1v) is 7.53. The van der Waals surface area contributed by atoms with E-state index in [1.807, 2.05) is 6.20 Å². The Morgan fingerprint density at radius 3 is 2.94 bits per heavy atom. The second kappa shape index (κ2) is 6.02. The molecule has 3 nitrogen and oxygen atoms in total. The van der Waals surface area contributed by atoms with Crippen molar-refractivity contribution in [1.29, 1.82) is 0 Å². The highest BCUT2D eigenvalue weighted by atomic mass is 79.9. The zero-order valence-electron chi connectivity index (χ0n) is 11.2.